The van der Waals surface area contributed by atoms with E-state index in [4.69, 9.17) is 16.3 Å². The van der Waals surface area contributed by atoms with Gasteiger partial charge in [0.15, 0.2) is 0 Å². The van der Waals surface area contributed by atoms with Crippen molar-refractivity contribution in [3.05, 3.63) is 58.6 Å². The molecule has 1 unspecified atom stereocenters. The van der Waals surface area contributed by atoms with Crippen molar-refractivity contribution in [2.45, 2.75) is 13.0 Å². The lowest BCUT2D eigenvalue weighted by Crippen LogP contribution is -2.33. The van der Waals surface area contributed by atoms with Crippen molar-refractivity contribution < 1.29 is 19.1 Å². The molecule has 7 nitrogen and oxygen atoms in total. The molecular formula is C21H18ClN3O4. The molecule has 2 aromatic carbocycles. The van der Waals surface area contributed by atoms with E-state index in [1.165, 1.54) is 11.8 Å². The van der Waals surface area contributed by atoms with Crippen LogP contribution in [0.25, 0.3) is 11.6 Å². The van der Waals surface area contributed by atoms with E-state index in [1.54, 1.807) is 30.3 Å². The molecule has 0 radical (unpaired) electrons. The minimum atomic E-state index is -0.451. The van der Waals surface area contributed by atoms with Crippen molar-refractivity contribution >= 4 is 52.5 Å². The van der Waals surface area contributed by atoms with Gasteiger partial charge in [-0.15, -0.1) is 0 Å². The molecule has 148 valence electrons. The molecule has 2 aliphatic rings. The molecule has 0 saturated carbocycles. The number of cyclic esters (lactones) is 1. The second-order valence-electron chi connectivity index (χ2n) is 6.85. The number of benzene rings is 2. The molecule has 1 saturated heterocycles. The topological polar surface area (TPSA) is 87.7 Å². The molecule has 0 spiro atoms. The Hall–Kier alpha value is -3.32. The number of carbonyl (C=O) groups is 3. The number of nitrogens with zero attached hydrogens (tertiary/aromatic N) is 1. The Kier molecular flexibility index (Phi) is 4.98. The summed E-state index contributed by atoms with van der Waals surface area (Å²) in [6.45, 7) is 2.05. The van der Waals surface area contributed by atoms with E-state index in [1.807, 2.05) is 18.2 Å². The fourth-order valence-electron chi connectivity index (χ4n) is 3.32. The third-order valence-corrected chi connectivity index (χ3v) is 4.97. The number of halogens is 1. The average Bonchev–Trinajstić information content (AvgIpc) is 3.20. The number of fused-ring (bicyclic) bond motifs is 1. The highest BCUT2D eigenvalue weighted by molar-refractivity contribution is 6.36. The average molecular weight is 412 g/mol. The largest absolute Gasteiger partial charge is 0.442 e. The van der Waals surface area contributed by atoms with Crippen LogP contribution < -0.4 is 15.5 Å². The van der Waals surface area contributed by atoms with Crippen LogP contribution in [0.1, 0.15) is 18.1 Å². The summed E-state index contributed by atoms with van der Waals surface area (Å²) in [5.74, 6) is -0.355. The van der Waals surface area contributed by atoms with Crippen molar-refractivity contribution in [1.82, 2.24) is 5.32 Å². The molecule has 4 rings (SSSR count). The lowest BCUT2D eigenvalue weighted by molar-refractivity contribution is -0.119. The first-order valence-electron chi connectivity index (χ1n) is 9.06. The number of carbonyl (C=O) groups excluding carboxylic acids is 3. The molecule has 2 N–H and O–H groups in total. The van der Waals surface area contributed by atoms with Crippen molar-refractivity contribution in [1.29, 1.82) is 0 Å². The Balaban J connectivity index is 1.51. The van der Waals surface area contributed by atoms with Crippen LogP contribution >= 0.6 is 11.6 Å². The zero-order valence-corrected chi connectivity index (χ0v) is 16.3. The highest BCUT2D eigenvalue weighted by atomic mass is 35.5. The smallest absolute Gasteiger partial charge is 0.414 e. The molecule has 1 fully saturated rings. The van der Waals surface area contributed by atoms with Crippen molar-refractivity contribution in [2.24, 2.45) is 0 Å². The lowest BCUT2D eigenvalue weighted by Gasteiger charge is -2.13. The lowest BCUT2D eigenvalue weighted by atomic mass is 10.0. The molecule has 0 aromatic heterocycles. The maximum Gasteiger partial charge on any atom is 0.414 e. The predicted octanol–water partition coefficient (Wildman–Crippen LogP) is 3.29. The van der Waals surface area contributed by atoms with Gasteiger partial charge < -0.3 is 15.4 Å². The Morgan fingerprint density at radius 1 is 1.28 bits per heavy atom. The van der Waals surface area contributed by atoms with Crippen LogP contribution in [-0.2, 0) is 14.3 Å². The van der Waals surface area contributed by atoms with Gasteiger partial charge >= 0.3 is 6.09 Å². The molecular weight excluding hydrogens is 394 g/mol. The number of amides is 3. The molecule has 29 heavy (non-hydrogen) atoms. The van der Waals surface area contributed by atoms with Gasteiger partial charge in [-0.3, -0.25) is 14.5 Å². The van der Waals surface area contributed by atoms with Crippen LogP contribution in [0.3, 0.4) is 0 Å². The fourth-order valence-corrected chi connectivity index (χ4v) is 3.50. The van der Waals surface area contributed by atoms with Crippen molar-refractivity contribution in [3.8, 4) is 0 Å². The number of anilines is 2. The van der Waals surface area contributed by atoms with Gasteiger partial charge in [-0.25, -0.2) is 4.79 Å². The molecule has 2 aromatic rings. The standard InChI is InChI=1S/C21H18ClN3O4/c1-12(26)23-10-16-11-25(21(28)29-16)15-5-2-13(3-6-15)8-18-17-7-4-14(22)9-19(17)24-20(18)27/h2-9,16H,10-11H2,1H3,(H,23,26)(H,24,27)/b18-8+. The summed E-state index contributed by atoms with van der Waals surface area (Å²) >= 11 is 5.98. The molecule has 0 bridgehead atoms. The maximum atomic E-state index is 12.3. The quantitative estimate of drug-likeness (QED) is 0.756. The molecule has 1 atom stereocenters. The van der Waals surface area contributed by atoms with E-state index >= 15 is 0 Å². The maximum absolute atomic E-state index is 12.3. The summed E-state index contributed by atoms with van der Waals surface area (Å²) in [6.07, 6.45) is 0.951. The van der Waals surface area contributed by atoms with E-state index in [2.05, 4.69) is 10.6 Å². The van der Waals surface area contributed by atoms with Crippen molar-refractivity contribution in [3.63, 3.8) is 0 Å². The number of hydrogen-bond donors (Lipinski definition) is 2. The summed E-state index contributed by atoms with van der Waals surface area (Å²) in [6, 6.07) is 12.5. The predicted molar refractivity (Wildman–Crippen MR) is 111 cm³/mol. The van der Waals surface area contributed by atoms with Gasteiger partial charge in [0.25, 0.3) is 5.91 Å². The highest BCUT2D eigenvalue weighted by Gasteiger charge is 2.32. The van der Waals surface area contributed by atoms with E-state index < -0.39 is 12.2 Å². The third-order valence-electron chi connectivity index (χ3n) is 4.73. The summed E-state index contributed by atoms with van der Waals surface area (Å²) in [5.41, 5.74) is 3.55. The first-order valence-corrected chi connectivity index (χ1v) is 9.44. The van der Waals surface area contributed by atoms with Crippen LogP contribution in [0.2, 0.25) is 5.02 Å². The molecule has 2 aliphatic heterocycles. The van der Waals surface area contributed by atoms with E-state index in [0.717, 1.165) is 11.1 Å². The SMILES string of the molecule is CC(=O)NCC1CN(c2ccc(/C=C3/C(=O)Nc4cc(Cl)ccc43)cc2)C(=O)O1. The van der Waals surface area contributed by atoms with Gasteiger partial charge in [0.05, 0.1) is 18.8 Å². The van der Waals surface area contributed by atoms with Gasteiger partial charge in [-0.05, 0) is 35.9 Å². The zero-order chi connectivity index (χ0) is 20.5. The Morgan fingerprint density at radius 2 is 2.03 bits per heavy atom. The summed E-state index contributed by atoms with van der Waals surface area (Å²) in [7, 11) is 0. The molecule has 0 aliphatic carbocycles. The van der Waals surface area contributed by atoms with Crippen LogP contribution in [0, 0.1) is 0 Å². The van der Waals surface area contributed by atoms with Crippen LogP contribution in [0.15, 0.2) is 42.5 Å². The van der Waals surface area contributed by atoms with Gasteiger partial charge in [0.1, 0.15) is 6.10 Å². The number of nitrogens with one attached hydrogen (secondary N) is 2. The van der Waals surface area contributed by atoms with Gasteiger partial charge in [-0.2, -0.15) is 0 Å². The normalized spacial score (nSPS) is 19.2. The van der Waals surface area contributed by atoms with Gasteiger partial charge in [0.2, 0.25) is 5.91 Å². The van der Waals surface area contributed by atoms with E-state index in [0.29, 0.717) is 28.5 Å². The van der Waals surface area contributed by atoms with Crippen LogP contribution in [-0.4, -0.2) is 37.1 Å². The first kappa shape index (κ1) is 19.0. The van der Waals surface area contributed by atoms with E-state index in [9.17, 15) is 14.4 Å². The molecule has 2 heterocycles. The molecule has 8 heteroatoms. The Morgan fingerprint density at radius 3 is 2.76 bits per heavy atom. The third kappa shape index (κ3) is 3.95. The Bertz CT molecular complexity index is 1030. The van der Waals surface area contributed by atoms with Crippen LogP contribution in [0.5, 0.6) is 0 Å². The highest BCUT2D eigenvalue weighted by Crippen LogP contribution is 2.35. The number of hydrogen-bond acceptors (Lipinski definition) is 4. The second kappa shape index (κ2) is 7.60. The minimum absolute atomic E-state index is 0.170. The van der Waals surface area contributed by atoms with Gasteiger partial charge in [0, 0.05) is 28.8 Å². The summed E-state index contributed by atoms with van der Waals surface area (Å²) in [4.78, 5) is 36.9. The Labute approximate surface area is 172 Å². The summed E-state index contributed by atoms with van der Waals surface area (Å²) < 4.78 is 5.28. The van der Waals surface area contributed by atoms with Crippen LogP contribution in [0.4, 0.5) is 16.2 Å². The van der Waals surface area contributed by atoms with E-state index in [-0.39, 0.29) is 18.4 Å². The fraction of sp³-hybridized carbons (Fsp3) is 0.190. The summed E-state index contributed by atoms with van der Waals surface area (Å²) in [5, 5.41) is 6.01. The second-order valence-corrected chi connectivity index (χ2v) is 7.28. The number of rotatable bonds is 4. The molecule has 3 amide bonds. The minimum Gasteiger partial charge on any atom is -0.442 e. The number of ether oxygens (including phenoxy) is 1. The van der Waals surface area contributed by atoms with Crippen molar-refractivity contribution in [2.75, 3.05) is 23.3 Å². The zero-order valence-electron chi connectivity index (χ0n) is 15.6. The van der Waals surface area contributed by atoms with Gasteiger partial charge in [-0.1, -0.05) is 29.8 Å². The first-order chi connectivity index (χ1) is 13.9. The monoisotopic (exact) mass is 411 g/mol.